The molecule has 1 aromatic carbocycles. The Bertz CT molecular complexity index is 2420. The number of urea groups is 1. The van der Waals surface area contributed by atoms with E-state index in [9.17, 15) is 48.3 Å². The van der Waals surface area contributed by atoms with Gasteiger partial charge >= 0.3 is 12.1 Å². The minimum Gasteiger partial charge on any atom is -0.441 e. The van der Waals surface area contributed by atoms with Gasteiger partial charge in [-0.2, -0.15) is 0 Å². The van der Waals surface area contributed by atoms with Crippen molar-refractivity contribution in [2.24, 2.45) is 40.2 Å². The number of carbonyl (C=O) groups excluding carboxylic acids is 9. The summed E-state index contributed by atoms with van der Waals surface area (Å²) in [4.78, 5) is 116. The second-order valence-electron chi connectivity index (χ2n) is 21.4. The van der Waals surface area contributed by atoms with Crippen molar-refractivity contribution in [3.05, 3.63) is 65.8 Å². The van der Waals surface area contributed by atoms with Gasteiger partial charge in [-0.1, -0.05) is 71.2 Å². The normalized spacial score (nSPS) is 29.3. The first kappa shape index (κ1) is 55.5. The smallest absolute Gasteiger partial charge is 0.407 e. The number of nitrogens with one attached hydrogen (secondary N) is 5. The van der Waals surface area contributed by atoms with Gasteiger partial charge in [0.2, 0.25) is 23.5 Å². The number of fused-ring (bicyclic) bond motifs is 7. The van der Waals surface area contributed by atoms with Gasteiger partial charge in [-0.05, 0) is 105 Å². The molecular weight excluding hydrogens is 955 g/mol. The number of rotatable bonds is 23. The van der Waals surface area contributed by atoms with Crippen LogP contribution in [0, 0.1) is 34.5 Å². The Morgan fingerprint density at radius 3 is 2.35 bits per heavy atom. The maximum Gasteiger partial charge on any atom is 0.407 e. The Balaban J connectivity index is 0.914. The van der Waals surface area contributed by atoms with E-state index in [4.69, 9.17) is 19.9 Å². The first-order valence-corrected chi connectivity index (χ1v) is 26.2. The molecule has 8 N–H and O–H groups in total. The standard InChI is InChI=1S/C54H73N7O13/c1-6-11-45-73-41-27-37-36-19-16-33-26-35(62)22-23-52(33,4)46(36)39(63)28-53(37,5)54(41,74-45)40(64)30-72-51(71)57-29-32-14-17-34(18-15-32)58-48(68)38(12-10-24-56-50(55)70)59-49(69)47(31(2)3)60-42(65)13-8-7-9-25-61-43(66)20-21-44(61)67/h14-15,17-18,20-23,26,31,36-39,41,45-47,63H,6-13,16,19,24-25,27-30H2,1-5H3,(H,57,71)(H,58,68)(H,59,69)(H,60,65)(H3,55,56,70)/t36-,37-,38-,39-,41+,45?,46+,47?,52-,53-,54+/m0/s1. The number of benzene rings is 1. The van der Waals surface area contributed by atoms with Gasteiger partial charge in [-0.25, -0.2) is 9.59 Å². The van der Waals surface area contributed by atoms with Crippen molar-refractivity contribution in [3.63, 3.8) is 0 Å². The van der Waals surface area contributed by atoms with E-state index in [-0.39, 0.29) is 92.5 Å². The number of hydrogen-bond donors (Lipinski definition) is 7. The van der Waals surface area contributed by atoms with Crippen LogP contribution in [0.2, 0.25) is 0 Å². The molecule has 0 bridgehead atoms. The van der Waals surface area contributed by atoms with Gasteiger partial charge in [-0.3, -0.25) is 38.5 Å². The zero-order valence-electron chi connectivity index (χ0n) is 43.1. The maximum atomic E-state index is 14.6. The molecule has 20 nitrogen and oxygen atoms in total. The van der Waals surface area contributed by atoms with Gasteiger partial charge in [-0.15, -0.1) is 0 Å². The summed E-state index contributed by atoms with van der Waals surface area (Å²) in [7, 11) is 0. The molecule has 74 heavy (non-hydrogen) atoms. The van der Waals surface area contributed by atoms with Crippen LogP contribution in [0.4, 0.5) is 15.3 Å². The van der Waals surface area contributed by atoms with Gasteiger partial charge in [0.1, 0.15) is 12.1 Å². The summed E-state index contributed by atoms with van der Waals surface area (Å²) in [6.07, 6.45) is 10.5. The predicted octanol–water partition coefficient (Wildman–Crippen LogP) is 4.15. The van der Waals surface area contributed by atoms with Crippen LogP contribution < -0.4 is 32.3 Å². The quantitative estimate of drug-likeness (QED) is 0.0600. The lowest BCUT2D eigenvalue weighted by Crippen LogP contribution is -2.63. The fourth-order valence-corrected chi connectivity index (χ4v) is 12.6. The summed E-state index contributed by atoms with van der Waals surface area (Å²) in [6.45, 7) is 9.46. The minimum atomic E-state index is -1.45. The summed E-state index contributed by atoms with van der Waals surface area (Å²) in [6, 6.07) is 3.79. The fourth-order valence-electron chi connectivity index (χ4n) is 12.6. The van der Waals surface area contributed by atoms with Crippen LogP contribution in [0.3, 0.4) is 0 Å². The van der Waals surface area contributed by atoms with Crippen molar-refractivity contribution < 1.29 is 62.5 Å². The van der Waals surface area contributed by atoms with Gasteiger partial charge in [0, 0.05) is 60.6 Å². The number of hydrogen-bond acceptors (Lipinski definition) is 13. The number of primary amides is 1. The van der Waals surface area contributed by atoms with Crippen molar-refractivity contribution in [2.45, 2.75) is 154 Å². The highest BCUT2D eigenvalue weighted by Gasteiger charge is 2.76. The number of aliphatic hydroxyl groups is 1. The second-order valence-corrected chi connectivity index (χ2v) is 21.4. The summed E-state index contributed by atoms with van der Waals surface area (Å²) < 4.78 is 18.7. The van der Waals surface area contributed by atoms with Gasteiger partial charge in [0.15, 0.2) is 24.3 Å². The van der Waals surface area contributed by atoms with Crippen molar-refractivity contribution in [1.82, 2.24) is 26.2 Å². The maximum absolute atomic E-state index is 14.6. The number of nitrogens with two attached hydrogens (primary N) is 1. The molecule has 0 spiro atoms. The van der Waals surface area contributed by atoms with Crippen LogP contribution in [0.1, 0.15) is 117 Å². The molecule has 1 aromatic rings. The van der Waals surface area contributed by atoms with Crippen LogP contribution in [-0.4, -0.2) is 119 Å². The number of ether oxygens (including phenoxy) is 3. The first-order valence-electron chi connectivity index (χ1n) is 26.2. The van der Waals surface area contributed by atoms with Crippen molar-refractivity contribution in [1.29, 1.82) is 0 Å². The van der Waals surface area contributed by atoms with Crippen LogP contribution >= 0.6 is 0 Å². The average Bonchev–Trinajstić information content (AvgIpc) is 3.97. The number of anilines is 1. The number of imide groups is 1. The van der Waals surface area contributed by atoms with E-state index in [0.717, 1.165) is 23.3 Å². The molecule has 7 rings (SSSR count). The Kier molecular flexibility index (Phi) is 17.6. The molecule has 2 heterocycles. The molecule has 4 fully saturated rings. The third-order valence-corrected chi connectivity index (χ3v) is 16.3. The minimum absolute atomic E-state index is 0.0176. The number of allylic oxidation sites excluding steroid dienone is 4. The molecule has 0 radical (unpaired) electrons. The van der Waals surface area contributed by atoms with E-state index in [1.807, 2.05) is 19.9 Å². The van der Waals surface area contributed by atoms with Crippen LogP contribution in [-0.2, 0) is 54.3 Å². The Morgan fingerprint density at radius 1 is 0.932 bits per heavy atom. The van der Waals surface area contributed by atoms with Crippen LogP contribution in [0.25, 0.3) is 0 Å². The molecule has 20 heteroatoms. The monoisotopic (exact) mass is 1030 g/mol. The van der Waals surface area contributed by atoms with E-state index in [1.165, 1.54) is 12.2 Å². The van der Waals surface area contributed by atoms with E-state index in [0.29, 0.717) is 49.8 Å². The van der Waals surface area contributed by atoms with E-state index in [1.54, 1.807) is 50.3 Å². The molecule has 3 saturated carbocycles. The lowest BCUT2D eigenvalue weighted by Gasteiger charge is -2.59. The highest BCUT2D eigenvalue weighted by Crippen LogP contribution is 2.69. The molecule has 4 aliphatic carbocycles. The number of carbonyl (C=O) groups is 9. The molecule has 1 saturated heterocycles. The Labute approximate surface area is 431 Å². The molecule has 0 aromatic heterocycles. The molecule has 6 aliphatic rings. The number of alkyl carbamates (subject to hydrolysis) is 1. The number of aliphatic hydroxyl groups excluding tert-OH is 1. The fraction of sp³-hybridized carbons (Fsp3) is 0.611. The highest BCUT2D eigenvalue weighted by molar-refractivity contribution is 6.12. The third-order valence-electron chi connectivity index (χ3n) is 16.3. The molecule has 11 atom stereocenters. The largest absolute Gasteiger partial charge is 0.441 e. The molecule has 402 valence electrons. The Morgan fingerprint density at radius 2 is 1.66 bits per heavy atom. The van der Waals surface area contributed by atoms with Gasteiger partial charge in [0.05, 0.1) is 12.2 Å². The van der Waals surface area contributed by atoms with Crippen LogP contribution in [0.15, 0.2) is 60.2 Å². The van der Waals surface area contributed by atoms with Gasteiger partial charge < -0.3 is 51.6 Å². The van der Waals surface area contributed by atoms with E-state index >= 15 is 0 Å². The lowest BCUT2D eigenvalue weighted by atomic mass is 9.46. The van der Waals surface area contributed by atoms with Crippen LogP contribution in [0.5, 0.6) is 0 Å². The summed E-state index contributed by atoms with van der Waals surface area (Å²) in [5.74, 6) is -3.20. The average molecular weight is 1030 g/mol. The highest BCUT2D eigenvalue weighted by atomic mass is 16.7. The van der Waals surface area contributed by atoms with Crippen molar-refractivity contribution in [2.75, 3.05) is 25.0 Å². The molecule has 8 amide bonds. The topological polar surface area (TPSA) is 291 Å². The first-order chi connectivity index (χ1) is 35.2. The molecular formula is C54H73N7O13. The SMILES string of the molecule is CCCC1O[C@@H]2C[C@H]3[C@@H]4CCC5=CC(=O)C=C[C@]5(C)[C@H]4[C@@H](O)C[C@]3(C)[C@]2(C(=O)COC(=O)NCc2ccc(NC(=O)[C@H](CCCNC(N)=O)NC(=O)C(NC(=O)CCCCCN3C(=O)C=CC3=O)C(C)C)cc2)O1. The summed E-state index contributed by atoms with van der Waals surface area (Å²) in [5, 5.41) is 25.5. The van der Waals surface area contributed by atoms with E-state index < -0.39 is 83.3 Å². The number of nitrogens with zero attached hydrogens (tertiary/aromatic N) is 1. The zero-order valence-corrected chi connectivity index (χ0v) is 43.1. The second kappa shape index (κ2) is 23.5. The molecule has 2 unspecified atom stereocenters. The number of ketones is 2. The Hall–Kier alpha value is -6.25. The number of amides is 8. The predicted molar refractivity (Wildman–Crippen MR) is 269 cm³/mol. The summed E-state index contributed by atoms with van der Waals surface area (Å²) >= 11 is 0. The van der Waals surface area contributed by atoms with E-state index in [2.05, 4.69) is 33.5 Å². The molecule has 2 aliphatic heterocycles. The van der Waals surface area contributed by atoms with Crippen molar-refractivity contribution in [3.8, 4) is 0 Å². The van der Waals surface area contributed by atoms with Gasteiger partial charge in [0.25, 0.3) is 11.8 Å². The summed E-state index contributed by atoms with van der Waals surface area (Å²) in [5.41, 5.74) is 4.50. The number of unbranched alkanes of at least 4 members (excludes halogenated alkanes) is 2. The third kappa shape index (κ3) is 11.8. The zero-order chi connectivity index (χ0) is 53.5. The lowest BCUT2D eigenvalue weighted by molar-refractivity contribution is -0.200. The van der Waals surface area contributed by atoms with Crippen molar-refractivity contribution >= 4 is 58.9 Å². The number of Topliss-reactive ketones (excluding diaryl/α,β-unsaturated/α-hetero) is 1.